The zero-order valence-electron chi connectivity index (χ0n) is 20.6. The second kappa shape index (κ2) is 11.5. The van der Waals surface area contributed by atoms with Crippen molar-refractivity contribution in [1.29, 1.82) is 0 Å². The number of aromatic hydroxyl groups is 1. The first-order valence-electron chi connectivity index (χ1n) is 12.1. The van der Waals surface area contributed by atoms with Gasteiger partial charge in [0.2, 0.25) is 0 Å². The lowest BCUT2D eigenvalue weighted by Crippen LogP contribution is -2.42. The van der Waals surface area contributed by atoms with Crippen LogP contribution in [-0.2, 0) is 14.3 Å². The van der Waals surface area contributed by atoms with Gasteiger partial charge >= 0.3 is 0 Å². The number of aliphatic hydroxyl groups is 1. The van der Waals surface area contributed by atoms with Gasteiger partial charge in [0.15, 0.2) is 11.5 Å². The van der Waals surface area contributed by atoms with Crippen LogP contribution in [-0.4, -0.2) is 84.8 Å². The molecule has 1 amide bonds. The van der Waals surface area contributed by atoms with E-state index in [0.29, 0.717) is 49.8 Å². The third kappa shape index (κ3) is 5.32. The molecule has 9 heteroatoms. The Kier molecular flexibility index (Phi) is 8.12. The number of phenolic OH excluding ortho intramolecular Hbond substituents is 1. The monoisotopic (exact) mass is 496 g/mol. The smallest absolute Gasteiger partial charge is 0.295 e. The molecule has 2 aliphatic heterocycles. The Morgan fingerprint density at radius 3 is 2.47 bits per heavy atom. The number of likely N-dealkylation sites (tertiary alicyclic amines) is 1. The maximum absolute atomic E-state index is 13.2. The lowest BCUT2D eigenvalue weighted by molar-refractivity contribution is -0.140. The number of benzene rings is 2. The number of hydrogen-bond acceptors (Lipinski definition) is 8. The Labute approximate surface area is 210 Å². The molecule has 2 N–H and O–H groups in total. The number of hydrogen-bond donors (Lipinski definition) is 2. The highest BCUT2D eigenvalue weighted by Gasteiger charge is 2.46. The van der Waals surface area contributed by atoms with Crippen molar-refractivity contribution < 1.29 is 34.0 Å². The topological polar surface area (TPSA) is 109 Å². The minimum absolute atomic E-state index is 0.00283. The SMILES string of the molecule is CCCOc1ccc(C(O)=C2C(=O)C(=O)N(CCN3CCOCC3)[C@@H]2c2ccc(O)c(OC)c2)cc1. The van der Waals surface area contributed by atoms with Gasteiger partial charge in [-0.15, -0.1) is 0 Å². The van der Waals surface area contributed by atoms with Crippen LogP contribution in [0, 0.1) is 0 Å². The minimum atomic E-state index is -0.837. The molecule has 36 heavy (non-hydrogen) atoms. The maximum atomic E-state index is 13.2. The zero-order chi connectivity index (χ0) is 25.7. The Hall–Kier alpha value is -3.56. The Morgan fingerprint density at radius 1 is 1.08 bits per heavy atom. The summed E-state index contributed by atoms with van der Waals surface area (Å²) < 4.78 is 16.3. The average molecular weight is 497 g/mol. The molecule has 2 aliphatic rings. The van der Waals surface area contributed by atoms with Gasteiger partial charge in [0, 0.05) is 31.7 Å². The second-order valence-corrected chi connectivity index (χ2v) is 8.75. The third-order valence-corrected chi connectivity index (χ3v) is 6.42. The minimum Gasteiger partial charge on any atom is -0.507 e. The fraction of sp³-hybridized carbons (Fsp3) is 0.407. The molecule has 0 aliphatic carbocycles. The van der Waals surface area contributed by atoms with Gasteiger partial charge in [-0.3, -0.25) is 14.5 Å². The van der Waals surface area contributed by atoms with Gasteiger partial charge in [-0.25, -0.2) is 0 Å². The summed E-state index contributed by atoms with van der Waals surface area (Å²) in [6, 6.07) is 10.6. The van der Waals surface area contributed by atoms with Gasteiger partial charge in [0.05, 0.1) is 38.5 Å². The molecule has 2 fully saturated rings. The summed E-state index contributed by atoms with van der Waals surface area (Å²) in [4.78, 5) is 30.1. The van der Waals surface area contributed by atoms with Crippen molar-refractivity contribution in [2.24, 2.45) is 0 Å². The van der Waals surface area contributed by atoms with Crippen LogP contribution < -0.4 is 9.47 Å². The highest BCUT2D eigenvalue weighted by atomic mass is 16.5. The summed E-state index contributed by atoms with van der Waals surface area (Å²) in [6.07, 6.45) is 0.867. The number of phenols is 1. The Bertz CT molecular complexity index is 1120. The van der Waals surface area contributed by atoms with E-state index < -0.39 is 17.7 Å². The summed E-state index contributed by atoms with van der Waals surface area (Å²) in [5, 5.41) is 21.4. The van der Waals surface area contributed by atoms with Crippen molar-refractivity contribution in [3.05, 3.63) is 59.2 Å². The van der Waals surface area contributed by atoms with Gasteiger partial charge < -0.3 is 29.3 Å². The number of rotatable bonds is 9. The van der Waals surface area contributed by atoms with E-state index in [2.05, 4.69) is 4.90 Å². The molecule has 0 unspecified atom stereocenters. The van der Waals surface area contributed by atoms with E-state index in [9.17, 15) is 19.8 Å². The van der Waals surface area contributed by atoms with Crippen molar-refractivity contribution in [2.45, 2.75) is 19.4 Å². The van der Waals surface area contributed by atoms with E-state index in [1.54, 1.807) is 36.4 Å². The standard InChI is InChI=1S/C27H32N2O7/c1-3-14-36-20-7-4-18(5-8-20)25(31)23-24(19-6-9-21(30)22(17-19)34-2)29(27(33)26(23)32)11-10-28-12-15-35-16-13-28/h4-9,17,24,30-31H,3,10-16H2,1-2H3/t24-/m1/s1. The van der Waals surface area contributed by atoms with Crippen LogP contribution in [0.2, 0.25) is 0 Å². The van der Waals surface area contributed by atoms with Crippen molar-refractivity contribution in [1.82, 2.24) is 9.80 Å². The predicted octanol–water partition coefficient (Wildman–Crippen LogP) is 2.94. The fourth-order valence-corrected chi connectivity index (χ4v) is 4.48. The van der Waals surface area contributed by atoms with E-state index >= 15 is 0 Å². The van der Waals surface area contributed by atoms with E-state index in [1.807, 2.05) is 6.92 Å². The average Bonchev–Trinajstić information content (AvgIpc) is 3.16. The van der Waals surface area contributed by atoms with Crippen LogP contribution >= 0.6 is 0 Å². The number of methoxy groups -OCH3 is 1. The number of ketones is 1. The summed E-state index contributed by atoms with van der Waals surface area (Å²) in [6.45, 7) is 6.16. The van der Waals surface area contributed by atoms with Crippen LogP contribution in [0.4, 0.5) is 0 Å². The second-order valence-electron chi connectivity index (χ2n) is 8.75. The maximum Gasteiger partial charge on any atom is 0.295 e. The Morgan fingerprint density at radius 2 is 1.81 bits per heavy atom. The quantitative estimate of drug-likeness (QED) is 0.310. The molecule has 0 bridgehead atoms. The van der Waals surface area contributed by atoms with Crippen molar-refractivity contribution in [3.63, 3.8) is 0 Å². The van der Waals surface area contributed by atoms with Crippen molar-refractivity contribution in [3.8, 4) is 17.2 Å². The zero-order valence-corrected chi connectivity index (χ0v) is 20.6. The first kappa shape index (κ1) is 25.5. The summed E-state index contributed by atoms with van der Waals surface area (Å²) in [5.41, 5.74) is 0.952. The van der Waals surface area contributed by atoms with Crippen molar-refractivity contribution in [2.75, 3.05) is 53.1 Å². The van der Waals surface area contributed by atoms with Crippen LogP contribution in [0.3, 0.4) is 0 Å². The first-order valence-corrected chi connectivity index (χ1v) is 12.1. The van der Waals surface area contributed by atoms with Gasteiger partial charge in [-0.05, 0) is 48.4 Å². The van der Waals surface area contributed by atoms with Gasteiger partial charge in [0.25, 0.3) is 11.7 Å². The number of amides is 1. The predicted molar refractivity (Wildman–Crippen MR) is 133 cm³/mol. The molecule has 0 saturated carbocycles. The molecule has 0 spiro atoms. The number of carbonyl (C=O) groups is 2. The molecule has 4 rings (SSSR count). The van der Waals surface area contributed by atoms with Crippen LogP contribution in [0.1, 0.15) is 30.5 Å². The van der Waals surface area contributed by atoms with E-state index in [1.165, 1.54) is 18.1 Å². The largest absolute Gasteiger partial charge is 0.507 e. The highest BCUT2D eigenvalue weighted by molar-refractivity contribution is 6.46. The van der Waals surface area contributed by atoms with Gasteiger partial charge in [-0.1, -0.05) is 13.0 Å². The van der Waals surface area contributed by atoms with Crippen molar-refractivity contribution >= 4 is 17.4 Å². The molecular formula is C27H32N2O7. The lowest BCUT2D eigenvalue weighted by atomic mass is 9.95. The van der Waals surface area contributed by atoms with E-state index in [-0.39, 0.29) is 22.8 Å². The molecule has 2 heterocycles. The summed E-state index contributed by atoms with van der Waals surface area (Å²) in [7, 11) is 1.43. The number of carbonyl (C=O) groups excluding carboxylic acids is 2. The lowest BCUT2D eigenvalue weighted by Gasteiger charge is -2.31. The van der Waals surface area contributed by atoms with E-state index in [0.717, 1.165) is 19.5 Å². The molecule has 2 aromatic rings. The van der Waals surface area contributed by atoms with E-state index in [4.69, 9.17) is 14.2 Å². The molecule has 0 radical (unpaired) electrons. The molecule has 2 saturated heterocycles. The first-order chi connectivity index (χ1) is 17.4. The molecule has 1 atom stereocenters. The number of aliphatic hydroxyl groups excluding tert-OH is 1. The van der Waals surface area contributed by atoms with Gasteiger partial charge in [-0.2, -0.15) is 0 Å². The van der Waals surface area contributed by atoms with Gasteiger partial charge in [0.1, 0.15) is 11.5 Å². The molecule has 192 valence electrons. The van der Waals surface area contributed by atoms with Crippen LogP contribution in [0.5, 0.6) is 17.2 Å². The number of nitrogens with zero attached hydrogens (tertiary/aromatic N) is 2. The number of morpholine rings is 1. The molecule has 0 aromatic heterocycles. The highest BCUT2D eigenvalue weighted by Crippen LogP contribution is 2.41. The Balaban J connectivity index is 1.72. The summed E-state index contributed by atoms with van der Waals surface area (Å²) in [5.74, 6) is -0.888. The third-order valence-electron chi connectivity index (χ3n) is 6.42. The number of ether oxygens (including phenoxy) is 3. The fourth-order valence-electron chi connectivity index (χ4n) is 4.48. The summed E-state index contributed by atoms with van der Waals surface area (Å²) >= 11 is 0. The number of Topliss-reactive ketones (excluding diaryl/α,β-unsaturated/α-hetero) is 1. The molecule has 9 nitrogen and oxygen atoms in total. The van der Waals surface area contributed by atoms with Crippen LogP contribution in [0.15, 0.2) is 48.0 Å². The molecular weight excluding hydrogens is 464 g/mol. The van der Waals surface area contributed by atoms with Crippen LogP contribution in [0.25, 0.3) is 5.76 Å². The molecule has 2 aromatic carbocycles. The normalized spacial score (nSPS) is 20.1.